The molecule has 0 atom stereocenters. The number of methoxy groups -OCH3 is 2. The minimum absolute atomic E-state index is 0.175. The van der Waals surface area contributed by atoms with Crippen molar-refractivity contribution < 1.29 is 19.1 Å². The van der Waals surface area contributed by atoms with E-state index in [1.807, 2.05) is 69.3 Å². The Morgan fingerprint density at radius 2 is 1.42 bits per heavy atom. The lowest BCUT2D eigenvalue weighted by atomic mass is 10.0. The van der Waals surface area contributed by atoms with Crippen LogP contribution < -0.4 is 19.7 Å². The molecule has 1 heterocycles. The number of hydrogen-bond acceptors (Lipinski definition) is 5. The summed E-state index contributed by atoms with van der Waals surface area (Å²) in [5.74, 6) is 0.232. The first-order valence-electron chi connectivity index (χ1n) is 10.6. The van der Waals surface area contributed by atoms with Crippen LogP contribution in [0.25, 0.3) is 5.57 Å². The molecule has 168 valence electrons. The van der Waals surface area contributed by atoms with Crippen molar-refractivity contribution in [2.45, 2.75) is 20.8 Å². The van der Waals surface area contributed by atoms with Crippen LogP contribution in [0.1, 0.15) is 22.3 Å². The van der Waals surface area contributed by atoms with Crippen molar-refractivity contribution in [3.63, 3.8) is 0 Å². The second-order valence-corrected chi connectivity index (χ2v) is 8.01. The van der Waals surface area contributed by atoms with E-state index in [2.05, 4.69) is 5.32 Å². The van der Waals surface area contributed by atoms with E-state index in [4.69, 9.17) is 9.47 Å². The maximum absolute atomic E-state index is 13.8. The fourth-order valence-corrected chi connectivity index (χ4v) is 3.98. The molecule has 6 nitrogen and oxygen atoms in total. The molecule has 0 fully saturated rings. The van der Waals surface area contributed by atoms with Crippen molar-refractivity contribution in [2.75, 3.05) is 24.4 Å². The predicted molar refractivity (Wildman–Crippen MR) is 130 cm³/mol. The summed E-state index contributed by atoms with van der Waals surface area (Å²) >= 11 is 0. The zero-order valence-corrected chi connectivity index (χ0v) is 19.4. The van der Waals surface area contributed by atoms with E-state index < -0.39 is 11.8 Å². The zero-order valence-electron chi connectivity index (χ0n) is 19.4. The summed E-state index contributed by atoms with van der Waals surface area (Å²) < 4.78 is 11.0. The first-order valence-corrected chi connectivity index (χ1v) is 10.6. The summed E-state index contributed by atoms with van der Waals surface area (Å²) in [6.45, 7) is 5.76. The Morgan fingerprint density at radius 1 is 0.758 bits per heavy atom. The van der Waals surface area contributed by atoms with Gasteiger partial charge in [-0.25, -0.2) is 4.90 Å². The van der Waals surface area contributed by atoms with Gasteiger partial charge in [0.2, 0.25) is 0 Å². The third-order valence-corrected chi connectivity index (χ3v) is 5.68. The number of amides is 2. The van der Waals surface area contributed by atoms with Gasteiger partial charge in [0.25, 0.3) is 11.8 Å². The van der Waals surface area contributed by atoms with Crippen molar-refractivity contribution in [1.82, 2.24) is 0 Å². The first kappa shape index (κ1) is 22.1. The quantitative estimate of drug-likeness (QED) is 0.543. The number of ether oxygens (including phenoxy) is 2. The minimum atomic E-state index is -0.432. The largest absolute Gasteiger partial charge is 0.496 e. The second kappa shape index (κ2) is 8.82. The van der Waals surface area contributed by atoms with Crippen LogP contribution in [0, 0.1) is 20.8 Å². The van der Waals surface area contributed by atoms with Crippen LogP contribution in [0.4, 0.5) is 11.4 Å². The second-order valence-electron chi connectivity index (χ2n) is 8.01. The molecule has 1 aliphatic rings. The Kier molecular flexibility index (Phi) is 5.92. The highest BCUT2D eigenvalue weighted by molar-refractivity contribution is 6.46. The Labute approximate surface area is 193 Å². The van der Waals surface area contributed by atoms with Gasteiger partial charge in [0, 0.05) is 5.56 Å². The highest BCUT2D eigenvalue weighted by Crippen LogP contribution is 2.39. The van der Waals surface area contributed by atoms with Gasteiger partial charge in [0.1, 0.15) is 17.2 Å². The smallest absolute Gasteiger partial charge is 0.282 e. The van der Waals surface area contributed by atoms with Gasteiger partial charge in [-0.15, -0.1) is 0 Å². The fraction of sp³-hybridized carbons (Fsp3) is 0.185. The molecule has 4 rings (SSSR count). The van der Waals surface area contributed by atoms with E-state index >= 15 is 0 Å². The number of anilines is 2. The van der Waals surface area contributed by atoms with Gasteiger partial charge in [-0.2, -0.15) is 0 Å². The number of carbonyl (C=O) groups is 2. The normalized spacial score (nSPS) is 13.5. The van der Waals surface area contributed by atoms with Crippen molar-refractivity contribution in [2.24, 2.45) is 0 Å². The van der Waals surface area contributed by atoms with E-state index in [1.165, 1.54) is 4.90 Å². The van der Waals surface area contributed by atoms with Gasteiger partial charge >= 0.3 is 0 Å². The van der Waals surface area contributed by atoms with E-state index in [-0.39, 0.29) is 11.3 Å². The fourth-order valence-electron chi connectivity index (χ4n) is 3.98. The molecule has 0 spiro atoms. The van der Waals surface area contributed by atoms with Crippen molar-refractivity contribution >= 4 is 28.8 Å². The molecular weight excluding hydrogens is 416 g/mol. The standard InChI is InChI=1S/C27H26N2O4/c1-16-11-13-23(33-5)20(14-16)28-25-24(19-8-6-7-9-22(19)32-4)26(30)29(27(25)31)21-15-17(2)10-12-18(21)3/h6-15,28H,1-5H3. The Morgan fingerprint density at radius 3 is 2.15 bits per heavy atom. The van der Waals surface area contributed by atoms with Crippen LogP contribution >= 0.6 is 0 Å². The average Bonchev–Trinajstić information content (AvgIpc) is 3.04. The lowest BCUT2D eigenvalue weighted by Crippen LogP contribution is -2.33. The number of aryl methyl sites for hydroxylation is 3. The molecule has 3 aromatic rings. The third-order valence-electron chi connectivity index (χ3n) is 5.68. The van der Waals surface area contributed by atoms with Crippen LogP contribution in [0.15, 0.2) is 66.4 Å². The van der Waals surface area contributed by atoms with Gasteiger partial charge in [0.05, 0.1) is 31.2 Å². The molecule has 6 heteroatoms. The molecule has 0 saturated carbocycles. The molecule has 0 aromatic heterocycles. The summed E-state index contributed by atoms with van der Waals surface area (Å²) in [5, 5.41) is 3.20. The van der Waals surface area contributed by atoms with Gasteiger partial charge in [-0.05, 0) is 61.7 Å². The molecule has 0 radical (unpaired) electrons. The summed E-state index contributed by atoms with van der Waals surface area (Å²) in [6.07, 6.45) is 0. The number of imide groups is 1. The van der Waals surface area contributed by atoms with Crippen molar-refractivity contribution in [1.29, 1.82) is 0 Å². The number of nitrogens with zero attached hydrogens (tertiary/aromatic N) is 1. The van der Waals surface area contributed by atoms with Crippen molar-refractivity contribution in [3.8, 4) is 11.5 Å². The number of carbonyl (C=O) groups excluding carboxylic acids is 2. The Balaban J connectivity index is 1.92. The number of rotatable bonds is 6. The lowest BCUT2D eigenvalue weighted by molar-refractivity contribution is -0.120. The number of benzene rings is 3. The van der Waals surface area contributed by atoms with Gasteiger partial charge in [-0.1, -0.05) is 36.4 Å². The highest BCUT2D eigenvalue weighted by atomic mass is 16.5. The molecule has 0 unspecified atom stereocenters. The van der Waals surface area contributed by atoms with Crippen LogP contribution in [0.5, 0.6) is 11.5 Å². The topological polar surface area (TPSA) is 67.9 Å². The van der Waals surface area contributed by atoms with Crippen LogP contribution in [0.3, 0.4) is 0 Å². The number of para-hydroxylation sites is 1. The molecule has 1 N–H and O–H groups in total. The Hall–Kier alpha value is -4.06. The maximum Gasteiger partial charge on any atom is 0.282 e. The molecule has 0 aliphatic carbocycles. The predicted octanol–water partition coefficient (Wildman–Crippen LogP) is 5.03. The molecule has 2 amide bonds. The maximum atomic E-state index is 13.8. The monoisotopic (exact) mass is 442 g/mol. The zero-order chi connectivity index (χ0) is 23.7. The van der Waals surface area contributed by atoms with Gasteiger partial charge in [0.15, 0.2) is 0 Å². The van der Waals surface area contributed by atoms with E-state index in [0.29, 0.717) is 28.4 Å². The highest BCUT2D eigenvalue weighted by Gasteiger charge is 2.42. The minimum Gasteiger partial charge on any atom is -0.496 e. The van der Waals surface area contributed by atoms with Crippen molar-refractivity contribution in [3.05, 3.63) is 88.6 Å². The molecule has 0 saturated heterocycles. The SMILES string of the molecule is COc1ccc(C)cc1NC1=C(c2ccccc2OC)C(=O)N(c2cc(C)ccc2C)C1=O. The molecule has 3 aromatic carbocycles. The van der Waals surface area contributed by atoms with Crippen LogP contribution in [0.2, 0.25) is 0 Å². The number of hydrogen-bond donors (Lipinski definition) is 1. The van der Waals surface area contributed by atoms with Gasteiger partial charge in [-0.3, -0.25) is 9.59 Å². The Bertz CT molecular complexity index is 1290. The van der Waals surface area contributed by atoms with E-state index in [9.17, 15) is 9.59 Å². The summed E-state index contributed by atoms with van der Waals surface area (Å²) in [7, 11) is 3.11. The summed E-state index contributed by atoms with van der Waals surface area (Å²) in [5.41, 5.74) is 4.90. The van der Waals surface area contributed by atoms with Gasteiger partial charge < -0.3 is 14.8 Å². The van der Waals surface area contributed by atoms with E-state index in [1.54, 1.807) is 26.4 Å². The molecular formula is C27H26N2O4. The molecule has 33 heavy (non-hydrogen) atoms. The first-order chi connectivity index (χ1) is 15.8. The lowest BCUT2D eigenvalue weighted by Gasteiger charge is -2.19. The third kappa shape index (κ3) is 3.96. The average molecular weight is 443 g/mol. The molecule has 1 aliphatic heterocycles. The summed E-state index contributed by atoms with van der Waals surface area (Å²) in [6, 6.07) is 18.5. The van der Waals surface area contributed by atoms with Crippen LogP contribution in [-0.2, 0) is 9.59 Å². The summed E-state index contributed by atoms with van der Waals surface area (Å²) in [4.78, 5) is 28.8. The number of nitrogens with one attached hydrogen (secondary N) is 1. The molecule has 0 bridgehead atoms. The van der Waals surface area contributed by atoms with Crippen LogP contribution in [-0.4, -0.2) is 26.0 Å². The van der Waals surface area contributed by atoms with E-state index in [0.717, 1.165) is 16.7 Å².